The van der Waals surface area contributed by atoms with Crippen molar-refractivity contribution in [2.24, 2.45) is 5.92 Å². The number of amides is 2. The minimum Gasteiger partial charge on any atom is -0.455 e. The Morgan fingerprint density at radius 1 is 1.10 bits per heavy atom. The zero-order valence-electron chi connectivity index (χ0n) is 16.9. The van der Waals surface area contributed by atoms with Gasteiger partial charge in [0.2, 0.25) is 10.0 Å². The van der Waals surface area contributed by atoms with Crippen LogP contribution in [0, 0.1) is 5.92 Å². The lowest BCUT2D eigenvalue weighted by atomic mass is 9.98. The van der Waals surface area contributed by atoms with Crippen molar-refractivity contribution in [3.05, 3.63) is 29.3 Å². The third kappa shape index (κ3) is 5.17. The second kappa shape index (κ2) is 9.57. The van der Waals surface area contributed by atoms with Gasteiger partial charge in [0.05, 0.1) is 17.4 Å². The third-order valence-corrected chi connectivity index (χ3v) is 7.25. The van der Waals surface area contributed by atoms with E-state index in [4.69, 9.17) is 4.74 Å². The Balaban J connectivity index is 1.50. The van der Waals surface area contributed by atoms with E-state index in [2.05, 4.69) is 4.74 Å². The third-order valence-electron chi connectivity index (χ3n) is 5.36. The molecule has 0 bridgehead atoms. The number of nitrogens with one attached hydrogen (secondary N) is 1. The number of esters is 1. The van der Waals surface area contributed by atoms with E-state index in [1.807, 2.05) is 11.4 Å². The van der Waals surface area contributed by atoms with Gasteiger partial charge in [-0.2, -0.15) is 4.31 Å². The van der Waals surface area contributed by atoms with Gasteiger partial charge in [-0.25, -0.2) is 13.2 Å². The molecule has 1 aromatic rings. The molecule has 1 aliphatic carbocycles. The van der Waals surface area contributed by atoms with E-state index in [1.54, 1.807) is 19.1 Å². The number of fused-ring (bicyclic) bond motifs is 1. The molecule has 1 heterocycles. The van der Waals surface area contributed by atoms with Crippen LogP contribution in [0.25, 0.3) is 0 Å². The fourth-order valence-corrected chi connectivity index (χ4v) is 5.28. The number of hydrogen-bond acceptors (Lipinski definition) is 7. The van der Waals surface area contributed by atoms with Crippen LogP contribution in [-0.2, 0) is 41.9 Å². The summed E-state index contributed by atoms with van der Waals surface area (Å²) in [4.78, 5) is 35.2. The number of imide groups is 1. The summed E-state index contributed by atoms with van der Waals surface area (Å²) < 4.78 is 36.8. The van der Waals surface area contributed by atoms with Crippen LogP contribution in [0.4, 0.5) is 4.79 Å². The standard InChI is InChI=1S/C20H26N2O7S/c1-2-28-20(25)21-18(23)13-29-19(24)15-8-10-22(11-9-15)30(26,27)17-7-6-14-4-3-5-16(14)12-17/h6-7,12,15H,2-5,8-11,13H2,1H3,(H,21,23,25). The highest BCUT2D eigenvalue weighted by Gasteiger charge is 2.33. The number of alkyl carbamates (subject to hydrolysis) is 1. The molecular formula is C20H26N2O7S. The maximum Gasteiger partial charge on any atom is 0.413 e. The zero-order chi connectivity index (χ0) is 21.7. The lowest BCUT2D eigenvalue weighted by Gasteiger charge is -2.30. The summed E-state index contributed by atoms with van der Waals surface area (Å²) in [7, 11) is -3.61. The molecular weight excluding hydrogens is 412 g/mol. The molecule has 10 heteroatoms. The van der Waals surface area contributed by atoms with Crippen molar-refractivity contribution in [2.45, 2.75) is 43.9 Å². The summed E-state index contributed by atoms with van der Waals surface area (Å²) in [5.41, 5.74) is 2.30. The Hall–Kier alpha value is -2.46. The van der Waals surface area contributed by atoms with E-state index < -0.39 is 40.5 Å². The van der Waals surface area contributed by atoms with Gasteiger partial charge in [-0.3, -0.25) is 14.9 Å². The highest BCUT2D eigenvalue weighted by molar-refractivity contribution is 7.89. The number of carbonyl (C=O) groups is 3. The fourth-order valence-electron chi connectivity index (χ4n) is 3.76. The molecule has 1 aliphatic heterocycles. The van der Waals surface area contributed by atoms with Gasteiger partial charge in [-0.15, -0.1) is 0 Å². The Morgan fingerprint density at radius 2 is 1.80 bits per heavy atom. The lowest BCUT2D eigenvalue weighted by molar-refractivity contribution is -0.153. The van der Waals surface area contributed by atoms with Crippen LogP contribution in [0.2, 0.25) is 0 Å². The number of aryl methyl sites for hydroxylation is 2. The van der Waals surface area contributed by atoms with Crippen molar-refractivity contribution in [3.63, 3.8) is 0 Å². The highest BCUT2D eigenvalue weighted by atomic mass is 32.2. The maximum atomic E-state index is 12.9. The summed E-state index contributed by atoms with van der Waals surface area (Å²) in [6.45, 7) is 1.53. The molecule has 0 radical (unpaired) electrons. The minimum absolute atomic E-state index is 0.117. The minimum atomic E-state index is -3.61. The van der Waals surface area contributed by atoms with Crippen LogP contribution in [0.1, 0.15) is 37.3 Å². The van der Waals surface area contributed by atoms with Gasteiger partial charge in [-0.1, -0.05) is 6.07 Å². The first-order valence-electron chi connectivity index (χ1n) is 10.1. The van der Waals surface area contributed by atoms with Crippen molar-refractivity contribution in [3.8, 4) is 0 Å². The molecule has 2 aliphatic rings. The van der Waals surface area contributed by atoms with Gasteiger partial charge in [0.25, 0.3) is 5.91 Å². The van der Waals surface area contributed by atoms with Gasteiger partial charge in [0, 0.05) is 13.1 Å². The predicted molar refractivity (Wildman–Crippen MR) is 106 cm³/mol. The maximum absolute atomic E-state index is 12.9. The highest BCUT2D eigenvalue weighted by Crippen LogP contribution is 2.28. The molecule has 1 aromatic carbocycles. The molecule has 1 fully saturated rings. The molecule has 30 heavy (non-hydrogen) atoms. The molecule has 0 unspecified atom stereocenters. The Labute approximate surface area is 175 Å². The summed E-state index contributed by atoms with van der Waals surface area (Å²) in [5.74, 6) is -1.85. The molecule has 3 rings (SSSR count). The molecule has 0 atom stereocenters. The van der Waals surface area contributed by atoms with Crippen LogP contribution in [0.5, 0.6) is 0 Å². The Kier molecular flexibility index (Phi) is 7.09. The second-order valence-corrected chi connectivity index (χ2v) is 9.28. The average Bonchev–Trinajstić information content (AvgIpc) is 3.20. The number of ether oxygens (including phenoxy) is 2. The summed E-state index contributed by atoms with van der Waals surface area (Å²) in [6.07, 6.45) is 2.65. The number of rotatable bonds is 6. The zero-order valence-corrected chi connectivity index (χ0v) is 17.7. The van der Waals surface area contributed by atoms with Gasteiger partial charge in [-0.05, 0) is 62.3 Å². The van der Waals surface area contributed by atoms with Crippen molar-refractivity contribution < 1.29 is 32.3 Å². The second-order valence-electron chi connectivity index (χ2n) is 7.34. The van der Waals surface area contributed by atoms with Crippen LogP contribution < -0.4 is 5.32 Å². The van der Waals surface area contributed by atoms with Crippen molar-refractivity contribution in [2.75, 3.05) is 26.3 Å². The Morgan fingerprint density at radius 3 is 2.50 bits per heavy atom. The van der Waals surface area contributed by atoms with Crippen molar-refractivity contribution in [1.82, 2.24) is 9.62 Å². The fraction of sp³-hybridized carbons (Fsp3) is 0.550. The van der Waals surface area contributed by atoms with Gasteiger partial charge >= 0.3 is 12.1 Å². The van der Waals surface area contributed by atoms with Gasteiger partial charge in [0.1, 0.15) is 0 Å². The largest absolute Gasteiger partial charge is 0.455 e. The van der Waals surface area contributed by atoms with Crippen LogP contribution in [0.15, 0.2) is 23.1 Å². The molecule has 0 saturated carbocycles. The number of benzene rings is 1. The monoisotopic (exact) mass is 438 g/mol. The van der Waals surface area contributed by atoms with Gasteiger partial charge < -0.3 is 9.47 Å². The first-order valence-corrected chi connectivity index (χ1v) is 11.5. The number of nitrogens with zero attached hydrogens (tertiary/aromatic N) is 1. The number of carbonyl (C=O) groups excluding carboxylic acids is 3. The molecule has 0 spiro atoms. The Bertz CT molecular complexity index is 921. The SMILES string of the molecule is CCOC(=O)NC(=O)COC(=O)C1CCN(S(=O)(=O)c2ccc3c(c2)CCC3)CC1. The van der Waals surface area contributed by atoms with Crippen LogP contribution >= 0.6 is 0 Å². The number of sulfonamides is 1. The summed E-state index contributed by atoms with van der Waals surface area (Å²) >= 11 is 0. The van der Waals surface area contributed by atoms with Crippen molar-refractivity contribution in [1.29, 1.82) is 0 Å². The van der Waals surface area contributed by atoms with Crippen molar-refractivity contribution >= 4 is 28.0 Å². The normalized spacial score (nSPS) is 17.2. The summed E-state index contributed by atoms with van der Waals surface area (Å²) in [6, 6.07) is 5.31. The first kappa shape index (κ1) is 22.2. The van der Waals surface area contributed by atoms with E-state index in [-0.39, 0.29) is 19.7 Å². The van der Waals surface area contributed by atoms with Crippen LogP contribution in [-0.4, -0.2) is 57.0 Å². The molecule has 2 amide bonds. The first-order chi connectivity index (χ1) is 14.3. The smallest absolute Gasteiger partial charge is 0.413 e. The topological polar surface area (TPSA) is 119 Å². The quantitative estimate of drug-likeness (QED) is 0.667. The van der Waals surface area contributed by atoms with Gasteiger partial charge in [0.15, 0.2) is 6.61 Å². The molecule has 9 nitrogen and oxygen atoms in total. The van der Waals surface area contributed by atoms with E-state index in [1.165, 1.54) is 9.87 Å². The molecule has 1 N–H and O–H groups in total. The number of piperidine rings is 1. The van der Waals surface area contributed by atoms with E-state index in [9.17, 15) is 22.8 Å². The van der Waals surface area contributed by atoms with Crippen LogP contribution in [0.3, 0.4) is 0 Å². The molecule has 0 aromatic heterocycles. The lowest BCUT2D eigenvalue weighted by Crippen LogP contribution is -2.41. The summed E-state index contributed by atoms with van der Waals surface area (Å²) in [5, 5.41) is 1.94. The predicted octanol–water partition coefficient (Wildman–Crippen LogP) is 1.39. The van der Waals surface area contributed by atoms with E-state index >= 15 is 0 Å². The molecule has 164 valence electrons. The average molecular weight is 439 g/mol. The van der Waals surface area contributed by atoms with E-state index in [0.717, 1.165) is 24.8 Å². The van der Waals surface area contributed by atoms with E-state index in [0.29, 0.717) is 17.7 Å². The molecule has 1 saturated heterocycles. The number of hydrogen-bond donors (Lipinski definition) is 1.